The fourth-order valence-corrected chi connectivity index (χ4v) is 1.99. The van der Waals surface area contributed by atoms with Gasteiger partial charge in [0.25, 0.3) is 5.69 Å². The Morgan fingerprint density at radius 3 is 2.81 bits per heavy atom. The first-order chi connectivity index (χ1) is 10.1. The highest BCUT2D eigenvalue weighted by molar-refractivity contribution is 5.91. The molecule has 1 fully saturated rings. The number of esters is 1. The Labute approximate surface area is 122 Å². The summed E-state index contributed by atoms with van der Waals surface area (Å²) in [5.74, 6) is -0.511. The third-order valence-corrected chi connectivity index (χ3v) is 3.29. The third kappa shape index (κ3) is 4.42. The Balaban J connectivity index is 1.96. The van der Waals surface area contributed by atoms with Gasteiger partial charge < -0.3 is 15.4 Å². The maximum absolute atomic E-state index is 11.5. The summed E-state index contributed by atoms with van der Waals surface area (Å²) in [6.45, 7) is 1.48. The number of hydrogen-bond acceptors (Lipinski definition) is 6. The molecule has 1 saturated carbocycles. The van der Waals surface area contributed by atoms with E-state index < -0.39 is 10.9 Å². The number of benzene rings is 1. The molecule has 0 heterocycles. The van der Waals surface area contributed by atoms with Crippen LogP contribution in [0.1, 0.15) is 29.6 Å². The number of rotatable bonds is 8. The lowest BCUT2D eigenvalue weighted by molar-refractivity contribution is -0.384. The molecule has 0 bridgehead atoms. The Morgan fingerprint density at radius 2 is 2.19 bits per heavy atom. The summed E-state index contributed by atoms with van der Waals surface area (Å²) in [6.07, 6.45) is 3.33. The van der Waals surface area contributed by atoms with Crippen LogP contribution in [0.15, 0.2) is 18.2 Å². The van der Waals surface area contributed by atoms with Gasteiger partial charge in [0.1, 0.15) is 5.69 Å². The maximum atomic E-state index is 11.5. The maximum Gasteiger partial charge on any atom is 0.337 e. The number of nitro benzene ring substituents is 1. The number of ether oxygens (including phenoxy) is 1. The molecule has 1 aromatic carbocycles. The molecule has 0 saturated heterocycles. The van der Waals surface area contributed by atoms with Crippen molar-refractivity contribution in [1.82, 2.24) is 5.32 Å². The fourth-order valence-electron chi connectivity index (χ4n) is 1.99. The summed E-state index contributed by atoms with van der Waals surface area (Å²) in [6, 6.07) is 4.82. The zero-order valence-electron chi connectivity index (χ0n) is 11.9. The minimum absolute atomic E-state index is 0.0437. The molecule has 7 heteroatoms. The van der Waals surface area contributed by atoms with Crippen molar-refractivity contribution in [2.24, 2.45) is 0 Å². The van der Waals surface area contributed by atoms with Crippen molar-refractivity contribution in [2.45, 2.75) is 25.3 Å². The van der Waals surface area contributed by atoms with Gasteiger partial charge >= 0.3 is 5.97 Å². The number of carbonyl (C=O) groups is 1. The van der Waals surface area contributed by atoms with Crippen LogP contribution in [0.5, 0.6) is 0 Å². The van der Waals surface area contributed by atoms with E-state index in [0.29, 0.717) is 23.8 Å². The van der Waals surface area contributed by atoms with Gasteiger partial charge in [-0.25, -0.2) is 4.79 Å². The van der Waals surface area contributed by atoms with E-state index in [2.05, 4.69) is 15.4 Å². The predicted octanol–water partition coefficient (Wildman–Crippen LogP) is 1.94. The first-order valence-electron chi connectivity index (χ1n) is 6.96. The average molecular weight is 293 g/mol. The standard InChI is InChI=1S/C14H19N3O4/c1-21-14(18)10-3-6-13(17(19)20)12(9-10)16-8-2-7-15-11-4-5-11/h3,6,9,11,15-16H,2,4-5,7-8H2,1H3. The third-order valence-electron chi connectivity index (χ3n) is 3.29. The van der Waals surface area contributed by atoms with Crippen molar-refractivity contribution < 1.29 is 14.5 Å². The van der Waals surface area contributed by atoms with Crippen LogP contribution in [0.25, 0.3) is 0 Å². The first-order valence-corrected chi connectivity index (χ1v) is 6.96. The van der Waals surface area contributed by atoms with Crippen LogP contribution in [-0.4, -0.2) is 37.1 Å². The quantitative estimate of drug-likeness (QED) is 0.329. The minimum atomic E-state index is -0.511. The lowest BCUT2D eigenvalue weighted by Crippen LogP contribution is -2.20. The number of nitro groups is 1. The van der Waals surface area contributed by atoms with E-state index in [1.807, 2.05) is 0 Å². The minimum Gasteiger partial charge on any atom is -0.465 e. The second-order valence-corrected chi connectivity index (χ2v) is 4.99. The Hall–Kier alpha value is -2.15. The molecule has 0 spiro atoms. The van der Waals surface area contributed by atoms with Gasteiger partial charge in [-0.15, -0.1) is 0 Å². The number of anilines is 1. The first kappa shape index (κ1) is 15.2. The molecule has 0 radical (unpaired) electrons. The topological polar surface area (TPSA) is 93.5 Å². The lowest BCUT2D eigenvalue weighted by atomic mass is 10.1. The monoisotopic (exact) mass is 293 g/mol. The van der Waals surface area contributed by atoms with Crippen molar-refractivity contribution in [3.63, 3.8) is 0 Å². The molecule has 21 heavy (non-hydrogen) atoms. The SMILES string of the molecule is COC(=O)c1ccc([N+](=O)[O-])c(NCCCNC2CC2)c1. The van der Waals surface area contributed by atoms with Crippen molar-refractivity contribution >= 4 is 17.3 Å². The Bertz CT molecular complexity index is 529. The average Bonchev–Trinajstić information content (AvgIpc) is 3.29. The normalized spacial score (nSPS) is 13.8. The summed E-state index contributed by atoms with van der Waals surface area (Å²) in [5, 5.41) is 17.4. The molecular weight excluding hydrogens is 274 g/mol. The highest BCUT2D eigenvalue weighted by Gasteiger charge is 2.20. The summed E-state index contributed by atoms with van der Waals surface area (Å²) in [4.78, 5) is 22.0. The predicted molar refractivity (Wildman–Crippen MR) is 78.6 cm³/mol. The van der Waals surface area contributed by atoms with E-state index in [4.69, 9.17) is 0 Å². The summed E-state index contributed by atoms with van der Waals surface area (Å²) in [5.41, 5.74) is 0.592. The molecule has 114 valence electrons. The van der Waals surface area contributed by atoms with Gasteiger partial charge in [-0.3, -0.25) is 10.1 Å². The Morgan fingerprint density at radius 1 is 1.43 bits per heavy atom. The van der Waals surface area contributed by atoms with Crippen LogP contribution in [0, 0.1) is 10.1 Å². The molecule has 0 aliphatic heterocycles. The van der Waals surface area contributed by atoms with Gasteiger partial charge in [0.15, 0.2) is 0 Å². The molecule has 1 aromatic rings. The van der Waals surface area contributed by atoms with E-state index in [1.54, 1.807) is 0 Å². The van der Waals surface area contributed by atoms with Crippen LogP contribution in [0.4, 0.5) is 11.4 Å². The second-order valence-electron chi connectivity index (χ2n) is 4.99. The second kappa shape index (κ2) is 7.03. The van der Waals surface area contributed by atoms with E-state index >= 15 is 0 Å². The highest BCUT2D eigenvalue weighted by Crippen LogP contribution is 2.25. The van der Waals surface area contributed by atoms with Gasteiger partial charge in [0, 0.05) is 18.7 Å². The van der Waals surface area contributed by atoms with Crippen LogP contribution >= 0.6 is 0 Å². The number of nitrogens with one attached hydrogen (secondary N) is 2. The van der Waals surface area contributed by atoms with Crippen LogP contribution in [-0.2, 0) is 4.74 Å². The molecular formula is C14H19N3O4. The number of hydrogen-bond donors (Lipinski definition) is 2. The van der Waals surface area contributed by atoms with Gasteiger partial charge in [-0.2, -0.15) is 0 Å². The van der Waals surface area contributed by atoms with Crippen LogP contribution < -0.4 is 10.6 Å². The zero-order valence-corrected chi connectivity index (χ0v) is 11.9. The molecule has 0 amide bonds. The largest absolute Gasteiger partial charge is 0.465 e. The van der Waals surface area contributed by atoms with Crippen molar-refractivity contribution in [3.8, 4) is 0 Å². The van der Waals surface area contributed by atoms with Crippen molar-refractivity contribution in [2.75, 3.05) is 25.5 Å². The van der Waals surface area contributed by atoms with E-state index in [1.165, 1.54) is 38.2 Å². The number of carbonyl (C=O) groups excluding carboxylic acids is 1. The molecule has 1 aliphatic carbocycles. The lowest BCUT2D eigenvalue weighted by Gasteiger charge is -2.09. The fraction of sp³-hybridized carbons (Fsp3) is 0.500. The molecule has 0 aromatic heterocycles. The zero-order chi connectivity index (χ0) is 15.2. The number of methoxy groups -OCH3 is 1. The molecule has 2 rings (SSSR count). The smallest absolute Gasteiger partial charge is 0.337 e. The molecule has 1 aliphatic rings. The molecule has 0 unspecified atom stereocenters. The van der Waals surface area contributed by atoms with Gasteiger partial charge in [-0.1, -0.05) is 0 Å². The summed E-state index contributed by atoms with van der Waals surface area (Å²) < 4.78 is 4.62. The van der Waals surface area contributed by atoms with Crippen molar-refractivity contribution in [1.29, 1.82) is 0 Å². The summed E-state index contributed by atoms with van der Waals surface area (Å²) >= 11 is 0. The summed E-state index contributed by atoms with van der Waals surface area (Å²) in [7, 11) is 1.28. The molecule has 0 atom stereocenters. The molecule has 7 nitrogen and oxygen atoms in total. The number of nitrogens with zero attached hydrogens (tertiary/aromatic N) is 1. The highest BCUT2D eigenvalue weighted by atomic mass is 16.6. The van der Waals surface area contributed by atoms with Gasteiger partial charge in [-0.05, 0) is 37.9 Å². The molecule has 2 N–H and O–H groups in total. The van der Waals surface area contributed by atoms with Crippen molar-refractivity contribution in [3.05, 3.63) is 33.9 Å². The Kier molecular flexibility index (Phi) is 5.10. The van der Waals surface area contributed by atoms with Crippen LogP contribution in [0.3, 0.4) is 0 Å². The van der Waals surface area contributed by atoms with Gasteiger partial charge in [0.05, 0.1) is 17.6 Å². The van der Waals surface area contributed by atoms with E-state index in [9.17, 15) is 14.9 Å². The van der Waals surface area contributed by atoms with E-state index in [-0.39, 0.29) is 5.69 Å². The van der Waals surface area contributed by atoms with E-state index in [0.717, 1.165) is 13.0 Å². The van der Waals surface area contributed by atoms with Gasteiger partial charge in [0.2, 0.25) is 0 Å². The van der Waals surface area contributed by atoms with Crippen LogP contribution in [0.2, 0.25) is 0 Å².